The van der Waals surface area contributed by atoms with Crippen LogP contribution in [0.3, 0.4) is 0 Å². The molecule has 1 fully saturated rings. The van der Waals surface area contributed by atoms with Gasteiger partial charge in [-0.1, -0.05) is 36.0 Å². The lowest BCUT2D eigenvalue weighted by Gasteiger charge is -2.36. The molecule has 3 rings (SSSR count). The number of hydrogen-bond donors (Lipinski definition) is 0. The van der Waals surface area contributed by atoms with E-state index in [2.05, 4.69) is 25.1 Å². The predicted molar refractivity (Wildman–Crippen MR) is 104 cm³/mol. The van der Waals surface area contributed by atoms with E-state index in [0.29, 0.717) is 17.2 Å². The summed E-state index contributed by atoms with van der Waals surface area (Å²) < 4.78 is 0. The lowest BCUT2D eigenvalue weighted by Crippen LogP contribution is -2.47. The molecular formula is C21H23N3OS. The second kappa shape index (κ2) is 8.39. The molecule has 0 aromatic heterocycles. The van der Waals surface area contributed by atoms with Crippen molar-refractivity contribution < 1.29 is 4.79 Å². The maximum Gasteiger partial charge on any atom is 0.255 e. The van der Waals surface area contributed by atoms with E-state index in [1.54, 1.807) is 6.07 Å². The number of nitriles is 1. The molecule has 26 heavy (non-hydrogen) atoms. The second-order valence-electron chi connectivity index (χ2n) is 6.72. The van der Waals surface area contributed by atoms with Crippen LogP contribution >= 0.6 is 11.8 Å². The zero-order valence-electron chi connectivity index (χ0n) is 15.2. The molecule has 1 aliphatic rings. The number of nitrogens with zero attached hydrogens (tertiary/aromatic N) is 3. The number of piperidine rings is 1. The number of carbonyl (C=O) groups excluding carboxylic acids is 1. The molecule has 1 atom stereocenters. The smallest absolute Gasteiger partial charge is 0.255 e. The Morgan fingerprint density at radius 3 is 2.58 bits per heavy atom. The van der Waals surface area contributed by atoms with Gasteiger partial charge in [-0.2, -0.15) is 5.26 Å². The van der Waals surface area contributed by atoms with Gasteiger partial charge in [-0.25, -0.2) is 0 Å². The van der Waals surface area contributed by atoms with Crippen LogP contribution in [0.5, 0.6) is 0 Å². The van der Waals surface area contributed by atoms with Crippen molar-refractivity contribution in [3.8, 4) is 6.07 Å². The van der Waals surface area contributed by atoms with E-state index >= 15 is 0 Å². The van der Waals surface area contributed by atoms with Crippen LogP contribution in [0.1, 0.15) is 28.8 Å². The van der Waals surface area contributed by atoms with Crippen LogP contribution in [-0.4, -0.2) is 48.9 Å². The van der Waals surface area contributed by atoms with E-state index in [9.17, 15) is 10.1 Å². The summed E-state index contributed by atoms with van der Waals surface area (Å²) in [6.07, 6.45) is 2.16. The van der Waals surface area contributed by atoms with Crippen LogP contribution in [0.15, 0.2) is 58.3 Å². The van der Waals surface area contributed by atoms with Crippen molar-refractivity contribution in [2.24, 2.45) is 0 Å². The Hall–Kier alpha value is -2.29. The minimum Gasteiger partial charge on any atom is -0.337 e. The van der Waals surface area contributed by atoms with Crippen molar-refractivity contribution in [1.29, 1.82) is 5.26 Å². The van der Waals surface area contributed by atoms with Crippen molar-refractivity contribution in [2.45, 2.75) is 28.7 Å². The van der Waals surface area contributed by atoms with E-state index in [4.69, 9.17) is 0 Å². The number of hydrogen-bond acceptors (Lipinski definition) is 4. The van der Waals surface area contributed by atoms with Gasteiger partial charge in [0, 0.05) is 28.9 Å². The quantitative estimate of drug-likeness (QED) is 0.825. The zero-order valence-corrected chi connectivity index (χ0v) is 16.0. The highest BCUT2D eigenvalue weighted by atomic mass is 32.2. The van der Waals surface area contributed by atoms with Gasteiger partial charge < -0.3 is 9.80 Å². The fourth-order valence-electron chi connectivity index (χ4n) is 3.23. The standard InChI is InChI=1S/C21H23N3OS/c1-23(2)17-9-7-13-24(15-17)21(25)18-10-4-6-12-20(18)26-19-11-5-3-8-16(19)14-22/h3-6,8,10-12,17H,7,9,13,15H2,1-2H3/t17-/m0/s1. The van der Waals surface area contributed by atoms with Gasteiger partial charge in [-0.05, 0) is 51.2 Å². The van der Waals surface area contributed by atoms with Gasteiger partial charge in [0.25, 0.3) is 5.91 Å². The van der Waals surface area contributed by atoms with Gasteiger partial charge in [-0.15, -0.1) is 0 Å². The summed E-state index contributed by atoms with van der Waals surface area (Å²) in [5.41, 5.74) is 1.34. The molecule has 0 spiro atoms. The van der Waals surface area contributed by atoms with Gasteiger partial charge in [0.15, 0.2) is 0 Å². The zero-order chi connectivity index (χ0) is 18.5. The average Bonchev–Trinajstić information content (AvgIpc) is 2.68. The summed E-state index contributed by atoms with van der Waals surface area (Å²) >= 11 is 1.48. The van der Waals surface area contributed by atoms with Gasteiger partial charge in [-0.3, -0.25) is 4.79 Å². The number of rotatable bonds is 4. The van der Waals surface area contributed by atoms with Gasteiger partial charge >= 0.3 is 0 Å². The molecule has 5 heteroatoms. The van der Waals surface area contributed by atoms with Crippen LogP contribution in [0.2, 0.25) is 0 Å². The first kappa shape index (κ1) is 18.5. The maximum atomic E-state index is 13.2. The number of carbonyl (C=O) groups is 1. The lowest BCUT2D eigenvalue weighted by atomic mass is 10.0. The molecule has 0 bridgehead atoms. The molecule has 2 aromatic rings. The van der Waals surface area contributed by atoms with Crippen LogP contribution < -0.4 is 0 Å². The summed E-state index contributed by atoms with van der Waals surface area (Å²) in [6.45, 7) is 1.57. The Morgan fingerprint density at radius 1 is 1.15 bits per heavy atom. The van der Waals surface area contributed by atoms with E-state index in [1.807, 2.05) is 47.4 Å². The number of likely N-dealkylation sites (tertiary alicyclic amines) is 1. The van der Waals surface area contributed by atoms with Crippen molar-refractivity contribution in [1.82, 2.24) is 9.80 Å². The third-order valence-electron chi connectivity index (χ3n) is 4.76. The van der Waals surface area contributed by atoms with Crippen molar-refractivity contribution >= 4 is 17.7 Å². The topological polar surface area (TPSA) is 47.3 Å². The fourth-order valence-corrected chi connectivity index (χ4v) is 4.25. The largest absolute Gasteiger partial charge is 0.337 e. The highest BCUT2D eigenvalue weighted by molar-refractivity contribution is 7.99. The molecule has 1 saturated heterocycles. The normalized spacial score (nSPS) is 17.2. The Kier molecular flexibility index (Phi) is 5.97. The Balaban J connectivity index is 1.85. The molecule has 1 heterocycles. The highest BCUT2D eigenvalue weighted by Gasteiger charge is 2.26. The Bertz CT molecular complexity index is 828. The minimum atomic E-state index is 0.0779. The van der Waals surface area contributed by atoms with Crippen molar-refractivity contribution in [3.63, 3.8) is 0 Å². The maximum absolute atomic E-state index is 13.2. The Labute approximate surface area is 159 Å². The molecule has 0 aliphatic carbocycles. The molecule has 0 saturated carbocycles. The average molecular weight is 366 g/mol. The molecule has 2 aromatic carbocycles. The third kappa shape index (κ3) is 4.09. The van der Waals surface area contributed by atoms with Gasteiger partial charge in [0.1, 0.15) is 6.07 Å². The van der Waals surface area contributed by atoms with Crippen molar-refractivity contribution in [2.75, 3.05) is 27.2 Å². The number of benzene rings is 2. The molecule has 1 amide bonds. The summed E-state index contributed by atoms with van der Waals surface area (Å²) in [4.78, 5) is 19.1. The summed E-state index contributed by atoms with van der Waals surface area (Å²) in [5.74, 6) is 0.0779. The van der Waals surface area contributed by atoms with E-state index in [0.717, 1.165) is 35.7 Å². The van der Waals surface area contributed by atoms with Gasteiger partial charge in [0.05, 0.1) is 11.1 Å². The van der Waals surface area contributed by atoms with Crippen LogP contribution in [0, 0.1) is 11.3 Å². The first-order valence-electron chi connectivity index (χ1n) is 8.82. The molecule has 0 radical (unpaired) electrons. The van der Waals surface area contributed by atoms with Crippen LogP contribution in [0.4, 0.5) is 0 Å². The van der Waals surface area contributed by atoms with Gasteiger partial charge in [0.2, 0.25) is 0 Å². The lowest BCUT2D eigenvalue weighted by molar-refractivity contribution is 0.0631. The van der Waals surface area contributed by atoms with E-state index < -0.39 is 0 Å². The molecule has 0 N–H and O–H groups in total. The summed E-state index contributed by atoms with van der Waals surface area (Å²) in [5, 5.41) is 9.32. The van der Waals surface area contributed by atoms with E-state index in [1.165, 1.54) is 11.8 Å². The third-order valence-corrected chi connectivity index (χ3v) is 5.91. The first-order chi connectivity index (χ1) is 12.6. The monoisotopic (exact) mass is 365 g/mol. The number of likely N-dealkylation sites (N-methyl/N-ethyl adjacent to an activating group) is 1. The van der Waals surface area contributed by atoms with Crippen LogP contribution in [-0.2, 0) is 0 Å². The first-order valence-corrected chi connectivity index (χ1v) is 9.63. The fraction of sp³-hybridized carbons (Fsp3) is 0.333. The summed E-state index contributed by atoms with van der Waals surface area (Å²) in [7, 11) is 4.14. The molecule has 0 unspecified atom stereocenters. The molecule has 1 aliphatic heterocycles. The van der Waals surface area contributed by atoms with Crippen LogP contribution in [0.25, 0.3) is 0 Å². The highest BCUT2D eigenvalue weighted by Crippen LogP contribution is 2.33. The Morgan fingerprint density at radius 2 is 1.85 bits per heavy atom. The second-order valence-corrected chi connectivity index (χ2v) is 7.80. The number of amides is 1. The molecule has 4 nitrogen and oxygen atoms in total. The van der Waals surface area contributed by atoms with E-state index in [-0.39, 0.29) is 5.91 Å². The molecule has 134 valence electrons. The minimum absolute atomic E-state index is 0.0779. The van der Waals surface area contributed by atoms with Crippen molar-refractivity contribution in [3.05, 3.63) is 59.7 Å². The summed E-state index contributed by atoms with van der Waals surface area (Å²) in [6, 6.07) is 17.8. The SMILES string of the molecule is CN(C)[C@H]1CCCN(C(=O)c2ccccc2Sc2ccccc2C#N)C1. The predicted octanol–water partition coefficient (Wildman–Crippen LogP) is 3.88. The molecular weight excluding hydrogens is 342 g/mol.